The van der Waals surface area contributed by atoms with Crippen LogP contribution < -0.4 is 19.7 Å². The molecular weight excluding hydrogens is 717 g/mol. The largest absolute Gasteiger partial charge is 0.455 e. The molecule has 288 valence electrons. The molecule has 2 saturated carbocycles. The van der Waals surface area contributed by atoms with E-state index in [1.165, 1.54) is 24.4 Å². The Kier molecular flexibility index (Phi) is 10.1. The number of ether oxygens (including phenoxy) is 3. The molecule has 54 heavy (non-hydrogen) atoms. The molecule has 2 aromatic heterocycles. The van der Waals surface area contributed by atoms with E-state index in [9.17, 15) is 28.4 Å². The lowest BCUT2D eigenvalue weighted by Gasteiger charge is -2.57. The van der Waals surface area contributed by atoms with Crippen LogP contribution in [-0.2, 0) is 19.5 Å². The van der Waals surface area contributed by atoms with Gasteiger partial charge in [-0.1, -0.05) is 0 Å². The van der Waals surface area contributed by atoms with Crippen molar-refractivity contribution in [2.24, 2.45) is 11.3 Å². The lowest BCUT2D eigenvalue weighted by atomic mass is 9.59. The number of benzene rings is 2. The number of carbonyl (C=O) groups is 1. The smallest absolute Gasteiger partial charge is 0.293 e. The summed E-state index contributed by atoms with van der Waals surface area (Å²) in [5.74, 6) is -0.828. The zero-order chi connectivity index (χ0) is 38.3. The summed E-state index contributed by atoms with van der Waals surface area (Å²) in [4.78, 5) is 34.3. The van der Waals surface area contributed by atoms with Gasteiger partial charge in [-0.05, 0) is 93.2 Å². The number of rotatable bonds is 12. The number of H-pyrrole nitrogens is 1. The van der Waals surface area contributed by atoms with Crippen molar-refractivity contribution in [1.29, 1.82) is 0 Å². The van der Waals surface area contributed by atoms with E-state index in [1.54, 1.807) is 45.5 Å². The van der Waals surface area contributed by atoms with Gasteiger partial charge in [0.15, 0.2) is 5.79 Å². The van der Waals surface area contributed by atoms with E-state index in [0.29, 0.717) is 30.8 Å². The molecule has 16 heteroatoms. The second-order valence-electron chi connectivity index (χ2n) is 15.2. The number of hydrogen-bond donors (Lipinski definition) is 4. The van der Waals surface area contributed by atoms with Gasteiger partial charge in [-0.2, -0.15) is 0 Å². The molecule has 2 aromatic carbocycles. The Bertz CT molecular complexity index is 2140. The Hall–Kier alpha value is -4.77. The number of nitro groups is 1. The molecule has 3 heterocycles. The third-order valence-corrected chi connectivity index (χ3v) is 12.8. The highest BCUT2D eigenvalue weighted by Gasteiger charge is 2.56. The van der Waals surface area contributed by atoms with Crippen LogP contribution in [0.15, 0.2) is 65.8 Å². The van der Waals surface area contributed by atoms with Crippen LogP contribution in [0.5, 0.6) is 11.5 Å². The van der Waals surface area contributed by atoms with Crippen LogP contribution in [-0.4, -0.2) is 79.6 Å². The summed E-state index contributed by atoms with van der Waals surface area (Å²) < 4.78 is 46.7. The number of nitrogens with zero attached hydrogens (tertiary/aromatic N) is 3. The maximum atomic E-state index is 13.8. The summed E-state index contributed by atoms with van der Waals surface area (Å²) in [6.07, 6.45) is 9.56. The van der Waals surface area contributed by atoms with Gasteiger partial charge in [0, 0.05) is 76.1 Å². The summed E-state index contributed by atoms with van der Waals surface area (Å²) in [5, 5.41) is 26.2. The number of carbonyl (C=O) groups excluding carboxylic acids is 1. The summed E-state index contributed by atoms with van der Waals surface area (Å²) in [6, 6.07) is 12.1. The number of sulfonamides is 1. The maximum absolute atomic E-state index is 13.8. The van der Waals surface area contributed by atoms with E-state index in [1.807, 2.05) is 6.07 Å². The normalized spacial score (nSPS) is 22.1. The number of aromatic nitrogens is 2. The molecule has 0 radical (unpaired) electrons. The van der Waals surface area contributed by atoms with E-state index < -0.39 is 42.8 Å². The van der Waals surface area contributed by atoms with Gasteiger partial charge in [-0.25, -0.2) is 18.1 Å². The number of nitro benzene ring substituents is 1. The molecule has 1 amide bonds. The minimum Gasteiger partial charge on any atom is -0.455 e. The van der Waals surface area contributed by atoms with Crippen molar-refractivity contribution in [2.45, 2.75) is 74.6 Å². The fraction of sp³-hybridized carbons (Fsp3) is 0.474. The SMILES string of the molecule is COC1(OC)CC2(CCN(c3ccc(C(=O)NS(=O)(=O)c4ccc(NCC5CCC(C)(O)CC5)c([N+](=O)[O-])c4)c(Oc4cnc5[nH]ccc5c4)c3)CC2)C1. The lowest BCUT2D eigenvalue weighted by molar-refractivity contribution is -0.384. The van der Waals surface area contributed by atoms with Gasteiger partial charge in [0.25, 0.3) is 21.6 Å². The minimum atomic E-state index is -4.56. The molecule has 4 aromatic rings. The fourth-order valence-electron chi connectivity index (χ4n) is 8.11. The Morgan fingerprint density at radius 2 is 1.78 bits per heavy atom. The third kappa shape index (κ3) is 7.74. The number of pyridine rings is 1. The van der Waals surface area contributed by atoms with Crippen LogP contribution in [0.1, 0.15) is 68.6 Å². The first kappa shape index (κ1) is 37.5. The number of aliphatic hydroxyl groups is 1. The van der Waals surface area contributed by atoms with Gasteiger partial charge in [0.05, 0.1) is 27.2 Å². The molecule has 0 bridgehead atoms. The molecule has 0 unspecified atom stereocenters. The number of anilines is 2. The Balaban J connectivity index is 1.10. The topological polar surface area (TPSA) is 198 Å². The summed E-state index contributed by atoms with van der Waals surface area (Å²) in [5.41, 5.74) is 0.569. The number of nitrogens with one attached hydrogen (secondary N) is 3. The average molecular weight is 763 g/mol. The van der Waals surface area contributed by atoms with Crippen LogP contribution >= 0.6 is 0 Å². The number of aromatic amines is 1. The first-order valence-corrected chi connectivity index (χ1v) is 19.6. The van der Waals surface area contributed by atoms with Gasteiger partial charge < -0.3 is 34.5 Å². The highest BCUT2D eigenvalue weighted by Crippen LogP contribution is 2.56. The van der Waals surface area contributed by atoms with Gasteiger partial charge in [-0.15, -0.1) is 0 Å². The van der Waals surface area contributed by atoms with E-state index >= 15 is 0 Å². The second kappa shape index (κ2) is 14.5. The number of hydrogen-bond acceptors (Lipinski definition) is 12. The summed E-state index contributed by atoms with van der Waals surface area (Å²) >= 11 is 0. The predicted molar refractivity (Wildman–Crippen MR) is 201 cm³/mol. The zero-order valence-corrected chi connectivity index (χ0v) is 31.4. The number of fused-ring (bicyclic) bond motifs is 1. The van der Waals surface area contributed by atoms with Crippen molar-refractivity contribution in [3.8, 4) is 11.5 Å². The Morgan fingerprint density at radius 3 is 2.46 bits per heavy atom. The highest BCUT2D eigenvalue weighted by atomic mass is 32.2. The first-order valence-electron chi connectivity index (χ1n) is 18.1. The monoisotopic (exact) mass is 762 g/mol. The van der Waals surface area contributed by atoms with Gasteiger partial charge in [-0.3, -0.25) is 14.9 Å². The van der Waals surface area contributed by atoms with Crippen molar-refractivity contribution >= 4 is 44.0 Å². The third-order valence-electron chi connectivity index (χ3n) is 11.5. The van der Waals surface area contributed by atoms with Crippen molar-refractivity contribution in [2.75, 3.05) is 44.1 Å². The zero-order valence-electron chi connectivity index (χ0n) is 30.6. The van der Waals surface area contributed by atoms with Crippen LogP contribution in [0, 0.1) is 21.4 Å². The van der Waals surface area contributed by atoms with Crippen LogP contribution in [0.25, 0.3) is 11.0 Å². The lowest BCUT2D eigenvalue weighted by Crippen LogP contribution is -2.58. The standard InChI is InChI=1S/C38H46N6O9S/c1-36(46)11-8-25(9-12-36)21-40-31-7-5-29(20-32(31)44(47)48)54(49,50)42-35(45)30-6-4-27(19-33(30)53-28-18-26-10-15-39-34(26)41-22-28)43-16-13-37(14-17-43)23-38(24-37,51-2)52-3/h4-7,10,15,18-20,22,25,40,46H,8-9,11-14,16-17,21,23-24H2,1-3H3,(H,39,41)(H,42,45). The number of piperidine rings is 1. The van der Waals surface area contributed by atoms with Gasteiger partial charge >= 0.3 is 0 Å². The van der Waals surface area contributed by atoms with Crippen molar-refractivity contribution in [1.82, 2.24) is 14.7 Å². The molecule has 3 fully saturated rings. The first-order chi connectivity index (χ1) is 25.7. The van der Waals surface area contributed by atoms with E-state index in [-0.39, 0.29) is 28.3 Å². The van der Waals surface area contributed by atoms with E-state index in [0.717, 1.165) is 68.8 Å². The van der Waals surface area contributed by atoms with Crippen molar-refractivity contribution < 1.29 is 37.5 Å². The molecule has 0 atom stereocenters. The van der Waals surface area contributed by atoms with Gasteiger partial charge in [0.2, 0.25) is 0 Å². The Morgan fingerprint density at radius 1 is 1.06 bits per heavy atom. The molecular formula is C38H46N6O9S. The molecule has 4 N–H and O–H groups in total. The highest BCUT2D eigenvalue weighted by molar-refractivity contribution is 7.90. The van der Waals surface area contributed by atoms with Crippen LogP contribution in [0.3, 0.4) is 0 Å². The quantitative estimate of drug-likeness (QED) is 0.0736. The van der Waals surface area contributed by atoms with Crippen molar-refractivity contribution in [3.05, 3.63) is 76.6 Å². The van der Waals surface area contributed by atoms with Crippen LogP contribution in [0.4, 0.5) is 17.1 Å². The van der Waals surface area contributed by atoms with Crippen LogP contribution in [0.2, 0.25) is 0 Å². The fourth-order valence-corrected chi connectivity index (χ4v) is 9.10. The maximum Gasteiger partial charge on any atom is 0.293 e. The minimum absolute atomic E-state index is 0.0480. The van der Waals surface area contributed by atoms with E-state index in [2.05, 4.69) is 24.9 Å². The van der Waals surface area contributed by atoms with Crippen molar-refractivity contribution in [3.63, 3.8) is 0 Å². The molecule has 7 rings (SSSR count). The predicted octanol–water partition coefficient (Wildman–Crippen LogP) is 6.10. The summed E-state index contributed by atoms with van der Waals surface area (Å²) in [7, 11) is -1.21. The molecule has 3 aliphatic rings. The van der Waals surface area contributed by atoms with E-state index in [4.69, 9.17) is 14.2 Å². The summed E-state index contributed by atoms with van der Waals surface area (Å²) in [6.45, 7) is 3.75. The molecule has 15 nitrogen and oxygen atoms in total. The molecule has 1 aliphatic heterocycles. The molecule has 1 spiro atoms. The molecule has 1 saturated heterocycles. The Labute approximate surface area is 313 Å². The second-order valence-corrected chi connectivity index (χ2v) is 16.9. The van der Waals surface area contributed by atoms with Gasteiger partial charge in [0.1, 0.15) is 22.8 Å². The number of amides is 1. The molecule has 2 aliphatic carbocycles. The number of methoxy groups -OCH3 is 2. The average Bonchev–Trinajstić information content (AvgIpc) is 3.61.